The Morgan fingerprint density at radius 1 is 1.67 bits per heavy atom. The van der Waals surface area contributed by atoms with Gasteiger partial charge < -0.3 is 11.1 Å². The van der Waals surface area contributed by atoms with Gasteiger partial charge in [0.25, 0.3) is 0 Å². The van der Waals surface area contributed by atoms with Crippen LogP contribution in [-0.4, -0.2) is 27.3 Å². The van der Waals surface area contributed by atoms with Crippen LogP contribution < -0.4 is 11.1 Å². The molecule has 1 amide bonds. The number of nitrogens with one attached hydrogen (secondary N) is 1. The smallest absolute Gasteiger partial charge is 0.329 e. The molecule has 0 bridgehead atoms. The number of aromatic nitrogens is 2. The van der Waals surface area contributed by atoms with E-state index in [4.69, 9.17) is 17.3 Å². The zero-order valence-electron chi connectivity index (χ0n) is 9.81. The molecule has 1 heterocycles. The lowest BCUT2D eigenvalue weighted by Crippen LogP contribution is -2.37. The van der Waals surface area contributed by atoms with Gasteiger partial charge in [0.2, 0.25) is 17.0 Å². The summed E-state index contributed by atoms with van der Waals surface area (Å²) in [5.41, 5.74) is 4.00. The van der Waals surface area contributed by atoms with E-state index in [0.29, 0.717) is 0 Å². The maximum Gasteiger partial charge on any atom is 0.329 e. The monoisotopic (exact) mass is 273 g/mol. The zero-order chi connectivity index (χ0) is 13.9. The number of nitrogens with zero attached hydrogens (tertiary/aromatic N) is 3. The highest BCUT2D eigenvalue weighted by Gasteiger charge is 2.26. The predicted octanol–water partition coefficient (Wildman–Crippen LogP) is 0.962. The summed E-state index contributed by atoms with van der Waals surface area (Å²) in [5.74, 6) is -0.577. The number of nitro groups is 1. The Morgan fingerprint density at radius 3 is 2.78 bits per heavy atom. The van der Waals surface area contributed by atoms with Crippen LogP contribution in [-0.2, 0) is 4.79 Å². The van der Waals surface area contributed by atoms with Crippen molar-refractivity contribution in [2.24, 2.45) is 11.1 Å². The zero-order valence-corrected chi connectivity index (χ0v) is 10.6. The molecule has 1 aromatic heterocycles. The van der Waals surface area contributed by atoms with E-state index in [-0.39, 0.29) is 23.3 Å². The molecule has 0 fully saturated rings. The van der Waals surface area contributed by atoms with Crippen LogP contribution in [0.3, 0.4) is 0 Å². The van der Waals surface area contributed by atoms with Crippen LogP contribution in [0.25, 0.3) is 0 Å². The molecule has 8 nitrogen and oxygen atoms in total. The van der Waals surface area contributed by atoms with E-state index in [1.807, 2.05) is 0 Å². The largest absolute Gasteiger partial charge is 0.369 e. The van der Waals surface area contributed by atoms with E-state index >= 15 is 0 Å². The van der Waals surface area contributed by atoms with Crippen molar-refractivity contribution >= 4 is 29.0 Å². The number of carbonyl (C=O) groups is 1. The predicted molar refractivity (Wildman–Crippen MR) is 65.2 cm³/mol. The summed E-state index contributed by atoms with van der Waals surface area (Å²) in [4.78, 5) is 28.4. The minimum atomic E-state index is -0.870. The summed E-state index contributed by atoms with van der Waals surface area (Å²) in [6, 6.07) is 0. The van der Waals surface area contributed by atoms with Gasteiger partial charge in [-0.15, -0.1) is 0 Å². The molecule has 3 N–H and O–H groups in total. The molecule has 0 spiro atoms. The summed E-state index contributed by atoms with van der Waals surface area (Å²) < 4.78 is 0. The van der Waals surface area contributed by atoms with Crippen LogP contribution in [0.2, 0.25) is 5.28 Å². The summed E-state index contributed by atoms with van der Waals surface area (Å²) in [7, 11) is 0. The lowest BCUT2D eigenvalue weighted by Gasteiger charge is -2.20. The van der Waals surface area contributed by atoms with Crippen molar-refractivity contribution in [2.45, 2.75) is 13.8 Å². The molecular weight excluding hydrogens is 262 g/mol. The average Bonchev–Trinajstić information content (AvgIpc) is 2.26. The van der Waals surface area contributed by atoms with Gasteiger partial charge >= 0.3 is 5.69 Å². The molecule has 0 saturated carbocycles. The standard InChI is InChI=1S/C9H12ClN5O3/c1-9(2,7(11)16)4-13-6-5(15(17)18)3-12-8(10)14-6/h3H,4H2,1-2H3,(H2,11,16)(H,12,13,14). The maximum atomic E-state index is 11.1. The number of hydrogen-bond donors (Lipinski definition) is 2. The SMILES string of the molecule is CC(C)(CNc1nc(Cl)ncc1[N+](=O)[O-])C(N)=O. The summed E-state index contributed by atoms with van der Waals surface area (Å²) in [6.45, 7) is 3.31. The minimum absolute atomic E-state index is 0.0469. The molecule has 0 atom stereocenters. The van der Waals surface area contributed by atoms with Crippen molar-refractivity contribution in [3.05, 3.63) is 21.6 Å². The molecule has 98 valence electrons. The van der Waals surface area contributed by atoms with Crippen LogP contribution in [0.4, 0.5) is 11.5 Å². The van der Waals surface area contributed by atoms with E-state index in [9.17, 15) is 14.9 Å². The molecule has 0 aliphatic rings. The Labute approximate surface area is 108 Å². The molecule has 0 aliphatic heterocycles. The number of hydrogen-bond acceptors (Lipinski definition) is 6. The Kier molecular flexibility index (Phi) is 4.02. The van der Waals surface area contributed by atoms with Gasteiger partial charge in [0.15, 0.2) is 0 Å². The fraction of sp³-hybridized carbons (Fsp3) is 0.444. The molecule has 0 radical (unpaired) electrons. The second-order valence-corrected chi connectivity index (χ2v) is 4.57. The van der Waals surface area contributed by atoms with Crippen molar-refractivity contribution in [2.75, 3.05) is 11.9 Å². The first-order valence-corrected chi connectivity index (χ1v) is 5.32. The molecule has 9 heteroatoms. The van der Waals surface area contributed by atoms with E-state index < -0.39 is 16.2 Å². The second-order valence-electron chi connectivity index (χ2n) is 4.23. The summed E-state index contributed by atoms with van der Waals surface area (Å²) >= 11 is 5.56. The number of anilines is 1. The minimum Gasteiger partial charge on any atom is -0.369 e. The van der Waals surface area contributed by atoms with Gasteiger partial charge in [0.1, 0.15) is 6.20 Å². The van der Waals surface area contributed by atoms with Crippen molar-refractivity contribution in [3.63, 3.8) is 0 Å². The molecule has 0 aliphatic carbocycles. The number of halogens is 1. The van der Waals surface area contributed by atoms with Gasteiger partial charge in [0.05, 0.1) is 10.3 Å². The first kappa shape index (κ1) is 14.1. The first-order chi connectivity index (χ1) is 8.24. The molecular formula is C9H12ClN5O3. The number of amides is 1. The third-order valence-electron chi connectivity index (χ3n) is 2.30. The van der Waals surface area contributed by atoms with Crippen LogP contribution in [0.5, 0.6) is 0 Å². The number of carbonyl (C=O) groups excluding carboxylic acids is 1. The third-order valence-corrected chi connectivity index (χ3v) is 2.48. The normalized spacial score (nSPS) is 11.1. The fourth-order valence-corrected chi connectivity index (χ4v) is 1.14. The molecule has 0 aromatic carbocycles. The Balaban J connectivity index is 2.94. The van der Waals surface area contributed by atoms with Crippen LogP contribution in [0, 0.1) is 15.5 Å². The lowest BCUT2D eigenvalue weighted by atomic mass is 9.93. The summed E-state index contributed by atoms with van der Waals surface area (Å²) in [5, 5.41) is 13.3. The average molecular weight is 274 g/mol. The van der Waals surface area contributed by atoms with Gasteiger partial charge in [-0.1, -0.05) is 0 Å². The quantitative estimate of drug-likeness (QED) is 0.468. The van der Waals surface area contributed by atoms with Gasteiger partial charge in [-0.2, -0.15) is 4.98 Å². The van der Waals surface area contributed by atoms with Crippen molar-refractivity contribution in [1.82, 2.24) is 9.97 Å². The van der Waals surface area contributed by atoms with E-state index in [2.05, 4.69) is 15.3 Å². The van der Waals surface area contributed by atoms with E-state index in [1.54, 1.807) is 13.8 Å². The number of primary amides is 1. The Bertz CT molecular complexity index is 491. The Morgan fingerprint density at radius 2 is 2.28 bits per heavy atom. The van der Waals surface area contributed by atoms with Crippen molar-refractivity contribution in [3.8, 4) is 0 Å². The topological polar surface area (TPSA) is 124 Å². The number of rotatable bonds is 5. The number of nitrogens with two attached hydrogens (primary N) is 1. The van der Waals surface area contributed by atoms with Gasteiger partial charge in [0, 0.05) is 6.54 Å². The third kappa shape index (κ3) is 3.27. The van der Waals surface area contributed by atoms with Crippen LogP contribution in [0.1, 0.15) is 13.8 Å². The molecule has 1 aromatic rings. The second kappa shape index (κ2) is 5.13. The van der Waals surface area contributed by atoms with E-state index in [1.165, 1.54) is 0 Å². The van der Waals surface area contributed by atoms with Crippen molar-refractivity contribution in [1.29, 1.82) is 0 Å². The first-order valence-electron chi connectivity index (χ1n) is 4.95. The highest BCUT2D eigenvalue weighted by Crippen LogP contribution is 2.24. The van der Waals surface area contributed by atoms with Gasteiger partial charge in [-0.05, 0) is 25.4 Å². The summed E-state index contributed by atoms with van der Waals surface area (Å²) in [6.07, 6.45) is 0.995. The fourth-order valence-electron chi connectivity index (χ4n) is 1.01. The van der Waals surface area contributed by atoms with Crippen LogP contribution in [0.15, 0.2) is 6.20 Å². The maximum absolute atomic E-state index is 11.1. The van der Waals surface area contributed by atoms with Crippen molar-refractivity contribution < 1.29 is 9.72 Å². The highest BCUT2D eigenvalue weighted by molar-refractivity contribution is 6.28. The van der Waals surface area contributed by atoms with Gasteiger partial charge in [-0.25, -0.2) is 4.98 Å². The van der Waals surface area contributed by atoms with Crippen LogP contribution >= 0.6 is 11.6 Å². The van der Waals surface area contributed by atoms with E-state index in [0.717, 1.165) is 6.20 Å². The molecule has 1 rings (SSSR count). The Hall–Kier alpha value is -1.96. The molecule has 0 saturated heterocycles. The lowest BCUT2D eigenvalue weighted by molar-refractivity contribution is -0.384. The molecule has 18 heavy (non-hydrogen) atoms. The molecule has 0 unspecified atom stereocenters. The highest BCUT2D eigenvalue weighted by atomic mass is 35.5. The van der Waals surface area contributed by atoms with Gasteiger partial charge in [-0.3, -0.25) is 14.9 Å².